The molecule has 11 heavy (non-hydrogen) atoms. The van der Waals surface area contributed by atoms with Crippen molar-refractivity contribution in [1.29, 1.82) is 0 Å². The topological polar surface area (TPSA) is 20.3 Å². The zero-order valence-electron chi connectivity index (χ0n) is 7.55. The Bertz CT molecular complexity index is 162. The summed E-state index contributed by atoms with van der Waals surface area (Å²) in [6, 6.07) is 0. The van der Waals surface area contributed by atoms with E-state index in [1.165, 1.54) is 0 Å². The fourth-order valence-electron chi connectivity index (χ4n) is 1.29. The van der Waals surface area contributed by atoms with E-state index in [9.17, 15) is 4.79 Å². The van der Waals surface area contributed by atoms with Gasteiger partial charge in [-0.1, -0.05) is 6.32 Å². The molecule has 61 valence electrons. The molecule has 0 atom stereocenters. The van der Waals surface area contributed by atoms with E-state index in [0.717, 1.165) is 12.9 Å². The second-order valence-corrected chi connectivity index (χ2v) is 4.05. The van der Waals surface area contributed by atoms with E-state index in [4.69, 9.17) is 0 Å². The number of carbonyl (C=O) groups excluding carboxylic acids is 1. The minimum atomic E-state index is 0.143. The van der Waals surface area contributed by atoms with E-state index < -0.39 is 0 Å². The monoisotopic (exact) mass is 152 g/mol. The van der Waals surface area contributed by atoms with Crippen molar-refractivity contribution in [2.24, 2.45) is 0 Å². The minimum Gasteiger partial charge on any atom is -0.311 e. The van der Waals surface area contributed by atoms with E-state index in [-0.39, 0.29) is 11.2 Å². The van der Waals surface area contributed by atoms with Gasteiger partial charge in [0.1, 0.15) is 0 Å². The summed E-state index contributed by atoms with van der Waals surface area (Å²) in [6.07, 6.45) is 0.913. The molecule has 0 aliphatic carbocycles. The first kappa shape index (κ1) is 8.79. The van der Waals surface area contributed by atoms with Crippen LogP contribution in [-0.2, 0) is 4.79 Å². The molecule has 0 unspecified atom stereocenters. The van der Waals surface area contributed by atoms with Crippen molar-refractivity contribution >= 4 is 13.0 Å². The molecule has 1 heterocycles. The van der Waals surface area contributed by atoms with Crippen LogP contribution in [0.25, 0.3) is 0 Å². The van der Waals surface area contributed by atoms with Crippen molar-refractivity contribution < 1.29 is 4.79 Å². The second kappa shape index (κ2) is 2.98. The number of hydrogen-bond donors (Lipinski definition) is 0. The second-order valence-electron chi connectivity index (χ2n) is 4.05. The Balaban J connectivity index is 2.53. The molecule has 1 fully saturated rings. The Hall–Kier alpha value is -0.305. The van der Waals surface area contributed by atoms with Gasteiger partial charge in [0, 0.05) is 12.1 Å². The van der Waals surface area contributed by atoms with Gasteiger partial charge in [0.25, 0.3) is 0 Å². The van der Waals surface area contributed by atoms with Crippen molar-refractivity contribution in [3.63, 3.8) is 0 Å². The number of rotatable bonds is 0. The Morgan fingerprint density at radius 1 is 1.45 bits per heavy atom. The van der Waals surface area contributed by atoms with Crippen molar-refractivity contribution in [2.45, 2.75) is 32.6 Å². The van der Waals surface area contributed by atoms with Gasteiger partial charge in [-0.2, -0.15) is 0 Å². The molecule has 1 aliphatic rings. The SMILES string of the molecule is CC(C)(C)N1CC[B]C(=O)C1. The largest absolute Gasteiger partial charge is 0.311 e. The lowest BCUT2D eigenvalue weighted by Crippen LogP contribution is -2.49. The Morgan fingerprint density at radius 2 is 2.09 bits per heavy atom. The van der Waals surface area contributed by atoms with Crippen LogP contribution in [0.2, 0.25) is 6.32 Å². The van der Waals surface area contributed by atoms with Gasteiger partial charge in [-0.3, -0.25) is 4.90 Å². The van der Waals surface area contributed by atoms with Crippen molar-refractivity contribution in [2.75, 3.05) is 13.1 Å². The van der Waals surface area contributed by atoms with Gasteiger partial charge >= 0.3 is 0 Å². The normalized spacial score (nSPS) is 21.5. The predicted molar refractivity (Wildman–Crippen MR) is 46.9 cm³/mol. The Labute approximate surface area is 69.2 Å². The molecule has 1 radical (unpaired) electrons. The Morgan fingerprint density at radius 3 is 2.45 bits per heavy atom. The van der Waals surface area contributed by atoms with Crippen LogP contribution < -0.4 is 0 Å². The van der Waals surface area contributed by atoms with Crippen LogP contribution in [0.15, 0.2) is 0 Å². The fourth-order valence-corrected chi connectivity index (χ4v) is 1.29. The highest BCUT2D eigenvalue weighted by molar-refractivity contribution is 6.74. The molecule has 1 saturated heterocycles. The zero-order chi connectivity index (χ0) is 8.48. The minimum absolute atomic E-state index is 0.143. The van der Waals surface area contributed by atoms with E-state index in [1.807, 2.05) is 0 Å². The summed E-state index contributed by atoms with van der Waals surface area (Å²) in [7, 11) is 1.79. The van der Waals surface area contributed by atoms with Gasteiger partial charge in [-0.15, -0.1) is 0 Å². The van der Waals surface area contributed by atoms with Crippen LogP contribution >= 0.6 is 0 Å². The molecule has 3 heteroatoms. The smallest absolute Gasteiger partial charge is 0.205 e. The molecule has 1 rings (SSSR count). The van der Waals surface area contributed by atoms with E-state index in [0.29, 0.717) is 6.54 Å². The number of carbonyl (C=O) groups is 1. The maximum Gasteiger partial charge on any atom is 0.205 e. The van der Waals surface area contributed by atoms with Crippen molar-refractivity contribution in [3.05, 3.63) is 0 Å². The van der Waals surface area contributed by atoms with Gasteiger partial charge in [0.2, 0.25) is 7.28 Å². The highest BCUT2D eigenvalue weighted by Gasteiger charge is 2.26. The first-order valence-corrected chi connectivity index (χ1v) is 4.11. The van der Waals surface area contributed by atoms with Crippen molar-refractivity contribution in [3.8, 4) is 0 Å². The first-order chi connectivity index (χ1) is 5.00. The summed E-state index contributed by atoms with van der Waals surface area (Å²) >= 11 is 0. The summed E-state index contributed by atoms with van der Waals surface area (Å²) in [6.45, 7) is 8.06. The lowest BCUT2D eigenvalue weighted by molar-refractivity contribution is -0.115. The standard InChI is InChI=1S/C8H15BNO/c1-8(2,3)10-5-4-9-7(11)6-10/h4-6H2,1-3H3. The fraction of sp³-hybridized carbons (Fsp3) is 0.875. The van der Waals surface area contributed by atoms with E-state index in [1.54, 1.807) is 7.28 Å². The Kier molecular flexibility index (Phi) is 2.38. The molecule has 0 aromatic heterocycles. The zero-order valence-corrected chi connectivity index (χ0v) is 7.55. The molecule has 0 saturated carbocycles. The number of nitrogens with zero attached hydrogens (tertiary/aromatic N) is 1. The van der Waals surface area contributed by atoms with E-state index in [2.05, 4.69) is 25.7 Å². The lowest BCUT2D eigenvalue weighted by atomic mass is 9.66. The molecule has 0 spiro atoms. The molecule has 2 nitrogen and oxygen atoms in total. The lowest BCUT2D eigenvalue weighted by Gasteiger charge is -2.37. The third kappa shape index (κ3) is 2.33. The average molecular weight is 152 g/mol. The van der Waals surface area contributed by atoms with Crippen molar-refractivity contribution in [1.82, 2.24) is 4.90 Å². The van der Waals surface area contributed by atoms with Gasteiger partial charge in [-0.25, -0.2) is 0 Å². The van der Waals surface area contributed by atoms with Crippen LogP contribution in [0, 0.1) is 0 Å². The third-order valence-electron chi connectivity index (χ3n) is 2.07. The maximum atomic E-state index is 11.0. The van der Waals surface area contributed by atoms with Crippen LogP contribution in [0.1, 0.15) is 20.8 Å². The van der Waals surface area contributed by atoms with Gasteiger partial charge in [0.15, 0.2) is 0 Å². The predicted octanol–water partition coefficient (Wildman–Crippen LogP) is 0.750. The molecule has 0 aromatic carbocycles. The summed E-state index contributed by atoms with van der Waals surface area (Å²) in [4.78, 5) is 13.2. The van der Waals surface area contributed by atoms with Gasteiger partial charge < -0.3 is 4.79 Å². The first-order valence-electron chi connectivity index (χ1n) is 4.11. The molecule has 0 N–H and O–H groups in total. The molecule has 0 aromatic rings. The number of hydrogen-bond acceptors (Lipinski definition) is 2. The molecular formula is C8H15BNO. The van der Waals surface area contributed by atoms with Crippen LogP contribution in [0.5, 0.6) is 0 Å². The highest BCUT2D eigenvalue weighted by Crippen LogP contribution is 2.15. The average Bonchev–Trinajstić information content (AvgIpc) is 1.86. The van der Waals surface area contributed by atoms with Crippen LogP contribution in [-0.4, -0.2) is 36.5 Å². The van der Waals surface area contributed by atoms with Gasteiger partial charge in [-0.05, 0) is 27.3 Å². The van der Waals surface area contributed by atoms with Gasteiger partial charge in [0.05, 0.1) is 5.68 Å². The molecular weight excluding hydrogens is 137 g/mol. The van der Waals surface area contributed by atoms with Crippen LogP contribution in [0.3, 0.4) is 0 Å². The molecule has 0 amide bonds. The third-order valence-corrected chi connectivity index (χ3v) is 2.07. The molecule has 0 bridgehead atoms. The quantitative estimate of drug-likeness (QED) is 0.477. The summed E-state index contributed by atoms with van der Waals surface area (Å²) in [5.74, 6) is 0. The maximum absolute atomic E-state index is 11.0. The highest BCUT2D eigenvalue weighted by atomic mass is 16.1. The van der Waals surface area contributed by atoms with Crippen LogP contribution in [0.4, 0.5) is 0 Å². The summed E-state index contributed by atoms with van der Waals surface area (Å²) in [5.41, 5.74) is 0.412. The summed E-state index contributed by atoms with van der Waals surface area (Å²) < 4.78 is 0. The van der Waals surface area contributed by atoms with E-state index >= 15 is 0 Å². The summed E-state index contributed by atoms with van der Waals surface area (Å²) in [5, 5.41) is 0. The molecule has 1 aliphatic heterocycles.